The summed E-state index contributed by atoms with van der Waals surface area (Å²) >= 11 is 0. The van der Waals surface area contributed by atoms with Crippen molar-refractivity contribution in [1.29, 1.82) is 0 Å². The Hall–Kier alpha value is -4.82. The molecule has 184 valence electrons. The van der Waals surface area contributed by atoms with Gasteiger partial charge in [0.2, 0.25) is 0 Å². The first-order valence-corrected chi connectivity index (χ1v) is 13.5. The predicted octanol–water partition coefficient (Wildman–Crippen LogP) is 9.58. The van der Waals surface area contributed by atoms with Gasteiger partial charge in [0.15, 0.2) is 5.82 Å². The minimum atomic E-state index is -0.0639. The van der Waals surface area contributed by atoms with Crippen LogP contribution in [0.15, 0.2) is 121 Å². The maximum Gasteiger partial charge on any atom is 0.161 e. The van der Waals surface area contributed by atoms with E-state index in [-0.39, 0.29) is 5.41 Å². The summed E-state index contributed by atoms with van der Waals surface area (Å²) in [6.07, 6.45) is 0. The van der Waals surface area contributed by atoms with Gasteiger partial charge in [-0.05, 0) is 44.5 Å². The summed E-state index contributed by atoms with van der Waals surface area (Å²) in [5.74, 6) is 0.762. The molecule has 1 aliphatic carbocycles. The van der Waals surface area contributed by atoms with E-state index >= 15 is 0 Å². The van der Waals surface area contributed by atoms with Gasteiger partial charge in [0.25, 0.3) is 0 Å². The second-order valence-corrected chi connectivity index (χ2v) is 11.0. The number of nitrogens with zero attached hydrogens (tertiary/aromatic N) is 2. The first kappa shape index (κ1) is 22.2. The fourth-order valence-corrected chi connectivity index (χ4v) is 6.59. The molecular formula is C37H26N2. The summed E-state index contributed by atoms with van der Waals surface area (Å²) in [7, 11) is 0. The van der Waals surface area contributed by atoms with Crippen molar-refractivity contribution in [1.82, 2.24) is 9.97 Å². The summed E-state index contributed by atoms with van der Waals surface area (Å²) in [6, 6.07) is 43.3. The largest absolute Gasteiger partial charge is 0.228 e. The molecule has 0 radical (unpaired) electrons. The molecule has 39 heavy (non-hydrogen) atoms. The van der Waals surface area contributed by atoms with E-state index < -0.39 is 0 Å². The molecule has 0 spiro atoms. The van der Waals surface area contributed by atoms with Crippen LogP contribution in [0.1, 0.15) is 25.0 Å². The van der Waals surface area contributed by atoms with Gasteiger partial charge in [0.1, 0.15) is 0 Å². The monoisotopic (exact) mass is 498 g/mol. The van der Waals surface area contributed by atoms with Gasteiger partial charge in [0, 0.05) is 27.3 Å². The van der Waals surface area contributed by atoms with Crippen LogP contribution >= 0.6 is 0 Å². The molecule has 8 rings (SSSR count). The molecule has 2 heteroatoms. The zero-order chi connectivity index (χ0) is 26.1. The van der Waals surface area contributed by atoms with Crippen LogP contribution in [-0.4, -0.2) is 9.97 Å². The van der Waals surface area contributed by atoms with Gasteiger partial charge in [-0.1, -0.05) is 129 Å². The Morgan fingerprint density at radius 3 is 2.13 bits per heavy atom. The first-order valence-electron chi connectivity index (χ1n) is 13.5. The maximum absolute atomic E-state index is 5.35. The van der Waals surface area contributed by atoms with Crippen LogP contribution in [-0.2, 0) is 5.41 Å². The van der Waals surface area contributed by atoms with E-state index in [1.165, 1.54) is 43.8 Å². The van der Waals surface area contributed by atoms with Crippen molar-refractivity contribution in [2.45, 2.75) is 19.3 Å². The van der Waals surface area contributed by atoms with Gasteiger partial charge < -0.3 is 0 Å². The van der Waals surface area contributed by atoms with Crippen LogP contribution in [0.4, 0.5) is 0 Å². The van der Waals surface area contributed by atoms with Crippen molar-refractivity contribution < 1.29 is 0 Å². The SMILES string of the molecule is CC1(C)c2ccccc2-c2c1ccc1cccc(-c3nc(-c4ccccc4)c4c(ccc5ccccc54)n3)c21. The van der Waals surface area contributed by atoms with Crippen LogP contribution in [0.5, 0.6) is 0 Å². The molecule has 1 aliphatic rings. The zero-order valence-electron chi connectivity index (χ0n) is 21.9. The second-order valence-electron chi connectivity index (χ2n) is 11.0. The lowest BCUT2D eigenvalue weighted by Gasteiger charge is -2.21. The van der Waals surface area contributed by atoms with E-state index in [0.717, 1.165) is 33.5 Å². The number of benzene rings is 6. The highest BCUT2D eigenvalue weighted by Crippen LogP contribution is 2.52. The molecule has 1 heterocycles. The fraction of sp³-hybridized carbons (Fsp3) is 0.0811. The highest BCUT2D eigenvalue weighted by molar-refractivity contribution is 6.14. The molecule has 0 unspecified atom stereocenters. The standard InChI is InChI=1S/C37H26N2/c1-37(2)29-18-9-8-16-27(29)33-30(37)21-19-24-14-10-17-28(32(24)33)36-38-31-22-20-23-11-6-7-15-26(23)34(31)35(39-36)25-12-4-3-5-13-25/h3-22H,1-2H3. The highest BCUT2D eigenvalue weighted by atomic mass is 14.9. The minimum Gasteiger partial charge on any atom is -0.228 e. The Kier molecular flexibility index (Phi) is 4.60. The lowest BCUT2D eigenvalue weighted by molar-refractivity contribution is 0.661. The molecule has 0 bridgehead atoms. The lowest BCUT2D eigenvalue weighted by Crippen LogP contribution is -2.14. The molecule has 0 N–H and O–H groups in total. The van der Waals surface area contributed by atoms with Crippen molar-refractivity contribution in [2.24, 2.45) is 0 Å². The molecule has 0 aliphatic heterocycles. The van der Waals surface area contributed by atoms with Crippen LogP contribution < -0.4 is 0 Å². The van der Waals surface area contributed by atoms with Gasteiger partial charge in [-0.15, -0.1) is 0 Å². The summed E-state index contributed by atoms with van der Waals surface area (Å²) in [5.41, 5.74) is 9.39. The molecule has 7 aromatic rings. The van der Waals surface area contributed by atoms with Crippen LogP contribution in [0.3, 0.4) is 0 Å². The molecule has 0 fully saturated rings. The van der Waals surface area contributed by atoms with Crippen LogP contribution in [0.25, 0.3) is 66.2 Å². The van der Waals surface area contributed by atoms with E-state index in [4.69, 9.17) is 9.97 Å². The average molecular weight is 499 g/mol. The molecule has 6 aromatic carbocycles. The highest BCUT2D eigenvalue weighted by Gasteiger charge is 2.36. The molecule has 0 amide bonds. The number of hydrogen-bond donors (Lipinski definition) is 0. The van der Waals surface area contributed by atoms with Crippen molar-refractivity contribution in [3.8, 4) is 33.8 Å². The van der Waals surface area contributed by atoms with Gasteiger partial charge in [-0.25, -0.2) is 9.97 Å². The molecule has 2 nitrogen and oxygen atoms in total. The van der Waals surface area contributed by atoms with Crippen LogP contribution in [0.2, 0.25) is 0 Å². The Balaban J connectivity index is 1.50. The normalized spacial score (nSPS) is 13.6. The molecular weight excluding hydrogens is 472 g/mol. The molecule has 0 saturated carbocycles. The third-order valence-corrected chi connectivity index (χ3v) is 8.46. The van der Waals surface area contributed by atoms with Crippen molar-refractivity contribution in [2.75, 3.05) is 0 Å². The van der Waals surface area contributed by atoms with Gasteiger partial charge in [0.05, 0.1) is 11.2 Å². The van der Waals surface area contributed by atoms with E-state index in [0.29, 0.717) is 0 Å². The smallest absolute Gasteiger partial charge is 0.161 e. The van der Waals surface area contributed by atoms with Crippen molar-refractivity contribution >= 4 is 32.4 Å². The van der Waals surface area contributed by atoms with Gasteiger partial charge in [-0.3, -0.25) is 0 Å². The molecule has 0 atom stereocenters. The summed E-state index contributed by atoms with van der Waals surface area (Å²) < 4.78 is 0. The summed E-state index contributed by atoms with van der Waals surface area (Å²) in [5, 5.41) is 5.91. The Morgan fingerprint density at radius 2 is 1.23 bits per heavy atom. The minimum absolute atomic E-state index is 0.0639. The summed E-state index contributed by atoms with van der Waals surface area (Å²) in [6.45, 7) is 4.66. The van der Waals surface area contributed by atoms with E-state index in [1.807, 2.05) is 0 Å². The topological polar surface area (TPSA) is 25.8 Å². The predicted molar refractivity (Wildman–Crippen MR) is 163 cm³/mol. The van der Waals surface area contributed by atoms with Gasteiger partial charge >= 0.3 is 0 Å². The summed E-state index contributed by atoms with van der Waals surface area (Å²) in [4.78, 5) is 10.6. The number of rotatable bonds is 2. The molecule has 0 saturated heterocycles. The zero-order valence-corrected chi connectivity index (χ0v) is 21.9. The lowest BCUT2D eigenvalue weighted by atomic mass is 9.82. The van der Waals surface area contributed by atoms with E-state index in [9.17, 15) is 0 Å². The quantitative estimate of drug-likeness (QED) is 0.222. The number of hydrogen-bond acceptors (Lipinski definition) is 2. The Labute approximate surface area is 227 Å². The Bertz CT molecular complexity index is 2090. The van der Waals surface area contributed by atoms with Crippen molar-refractivity contribution in [3.05, 3.63) is 132 Å². The van der Waals surface area contributed by atoms with Crippen LogP contribution in [0, 0.1) is 0 Å². The first-order chi connectivity index (χ1) is 19.1. The maximum atomic E-state index is 5.35. The number of aromatic nitrogens is 2. The Morgan fingerprint density at radius 1 is 0.513 bits per heavy atom. The third-order valence-electron chi connectivity index (χ3n) is 8.46. The molecule has 1 aromatic heterocycles. The van der Waals surface area contributed by atoms with E-state index in [2.05, 4.69) is 135 Å². The second kappa shape index (κ2) is 8.09. The average Bonchev–Trinajstić information content (AvgIpc) is 3.23. The number of fused-ring (bicyclic) bond motifs is 8. The fourth-order valence-electron chi connectivity index (χ4n) is 6.59. The third kappa shape index (κ3) is 3.15. The van der Waals surface area contributed by atoms with E-state index in [1.54, 1.807) is 0 Å². The van der Waals surface area contributed by atoms with Crippen molar-refractivity contribution in [3.63, 3.8) is 0 Å². The van der Waals surface area contributed by atoms with Gasteiger partial charge in [-0.2, -0.15) is 0 Å².